The molecular formula is C15H17ClN2O2. The van der Waals surface area contributed by atoms with Gasteiger partial charge in [0, 0.05) is 38.3 Å². The first-order valence-electron chi connectivity index (χ1n) is 6.42. The number of halogens is 1. The maximum Gasteiger partial charge on any atom is 0.252 e. The van der Waals surface area contributed by atoms with E-state index in [4.69, 9.17) is 16.3 Å². The lowest BCUT2D eigenvalue weighted by molar-refractivity contribution is 0.0948. The van der Waals surface area contributed by atoms with Gasteiger partial charge in [0.2, 0.25) is 0 Å². The average Bonchev–Trinajstić information content (AvgIpc) is 2.98. The molecule has 0 aliphatic heterocycles. The summed E-state index contributed by atoms with van der Waals surface area (Å²) in [4.78, 5) is 12.1. The minimum atomic E-state index is -0.167. The van der Waals surface area contributed by atoms with Gasteiger partial charge >= 0.3 is 0 Å². The first kappa shape index (κ1) is 14.6. The maximum atomic E-state index is 12.1. The molecule has 0 aliphatic carbocycles. The fourth-order valence-corrected chi connectivity index (χ4v) is 2.07. The molecule has 0 spiro atoms. The maximum absolute atomic E-state index is 12.1. The third-order valence-corrected chi connectivity index (χ3v) is 3.24. The average molecular weight is 293 g/mol. The van der Waals surface area contributed by atoms with Crippen molar-refractivity contribution in [2.45, 2.75) is 6.42 Å². The Morgan fingerprint density at radius 2 is 2.10 bits per heavy atom. The normalized spacial score (nSPS) is 10.5. The number of methoxy groups -OCH3 is 1. The number of benzene rings is 1. The predicted octanol–water partition coefficient (Wildman–Crippen LogP) is 2.90. The van der Waals surface area contributed by atoms with Gasteiger partial charge in [0.05, 0.1) is 10.6 Å². The van der Waals surface area contributed by atoms with Gasteiger partial charge in [0.15, 0.2) is 0 Å². The Bertz CT molecular complexity index is 567. The molecule has 1 N–H and O–H groups in total. The summed E-state index contributed by atoms with van der Waals surface area (Å²) in [5, 5.41) is 3.28. The molecule has 2 aromatic rings. The highest BCUT2D eigenvalue weighted by molar-refractivity contribution is 6.33. The molecule has 0 bridgehead atoms. The standard InChI is InChI=1S/C15H17ClN2O2/c1-20-10-4-7-17-15(19)13-11-12(5-6-14(13)16)18-8-2-3-9-18/h2-3,5-6,8-9,11H,4,7,10H2,1H3,(H,17,19). The fourth-order valence-electron chi connectivity index (χ4n) is 1.87. The number of nitrogens with one attached hydrogen (secondary N) is 1. The van der Waals surface area contributed by atoms with Crippen LogP contribution in [0.15, 0.2) is 42.7 Å². The smallest absolute Gasteiger partial charge is 0.252 e. The molecule has 0 aliphatic rings. The highest BCUT2D eigenvalue weighted by Crippen LogP contribution is 2.20. The quantitative estimate of drug-likeness (QED) is 0.832. The molecule has 2 rings (SSSR count). The first-order chi connectivity index (χ1) is 9.72. The van der Waals surface area contributed by atoms with Gasteiger partial charge in [-0.25, -0.2) is 0 Å². The summed E-state index contributed by atoms with van der Waals surface area (Å²) in [7, 11) is 1.64. The number of amides is 1. The van der Waals surface area contributed by atoms with E-state index >= 15 is 0 Å². The lowest BCUT2D eigenvalue weighted by Gasteiger charge is -2.09. The van der Waals surface area contributed by atoms with Gasteiger partial charge in [0.25, 0.3) is 5.91 Å². The molecular weight excluding hydrogens is 276 g/mol. The highest BCUT2D eigenvalue weighted by atomic mass is 35.5. The molecule has 0 saturated heterocycles. The van der Waals surface area contributed by atoms with E-state index in [0.717, 1.165) is 12.1 Å². The Kier molecular flexibility index (Phi) is 5.21. The monoisotopic (exact) mass is 292 g/mol. The van der Waals surface area contributed by atoms with Crippen LogP contribution in [-0.4, -0.2) is 30.7 Å². The van der Waals surface area contributed by atoms with Crippen LogP contribution in [0.1, 0.15) is 16.8 Å². The molecule has 0 saturated carbocycles. The summed E-state index contributed by atoms with van der Waals surface area (Å²) in [6, 6.07) is 9.26. The van der Waals surface area contributed by atoms with Crippen molar-refractivity contribution in [1.82, 2.24) is 9.88 Å². The second-order valence-electron chi connectivity index (χ2n) is 4.36. The van der Waals surface area contributed by atoms with Crippen molar-refractivity contribution < 1.29 is 9.53 Å². The molecule has 5 heteroatoms. The van der Waals surface area contributed by atoms with E-state index in [2.05, 4.69) is 5.32 Å². The SMILES string of the molecule is COCCCNC(=O)c1cc(-n2cccc2)ccc1Cl. The first-order valence-corrected chi connectivity index (χ1v) is 6.80. The summed E-state index contributed by atoms with van der Waals surface area (Å²) in [6.45, 7) is 1.19. The summed E-state index contributed by atoms with van der Waals surface area (Å²) in [5.41, 5.74) is 1.39. The third kappa shape index (κ3) is 3.62. The van der Waals surface area contributed by atoms with Crippen molar-refractivity contribution in [1.29, 1.82) is 0 Å². The van der Waals surface area contributed by atoms with Gasteiger partial charge in [-0.15, -0.1) is 0 Å². The van der Waals surface area contributed by atoms with Crippen molar-refractivity contribution in [3.63, 3.8) is 0 Å². The Morgan fingerprint density at radius 1 is 1.35 bits per heavy atom. The molecule has 106 valence electrons. The van der Waals surface area contributed by atoms with E-state index in [0.29, 0.717) is 23.7 Å². The minimum absolute atomic E-state index is 0.167. The van der Waals surface area contributed by atoms with Crippen LogP contribution in [0.25, 0.3) is 5.69 Å². The van der Waals surface area contributed by atoms with Gasteiger partial charge in [0.1, 0.15) is 0 Å². The Morgan fingerprint density at radius 3 is 2.80 bits per heavy atom. The van der Waals surface area contributed by atoms with Gasteiger partial charge in [-0.05, 0) is 36.8 Å². The highest BCUT2D eigenvalue weighted by Gasteiger charge is 2.11. The van der Waals surface area contributed by atoms with Crippen LogP contribution >= 0.6 is 11.6 Å². The number of carbonyl (C=O) groups is 1. The van der Waals surface area contributed by atoms with Crippen molar-refractivity contribution in [2.24, 2.45) is 0 Å². The van der Waals surface area contributed by atoms with Crippen molar-refractivity contribution in [3.8, 4) is 5.69 Å². The molecule has 0 fully saturated rings. The molecule has 1 heterocycles. The Labute approximate surface area is 123 Å². The number of hydrogen-bond acceptors (Lipinski definition) is 2. The lowest BCUT2D eigenvalue weighted by Crippen LogP contribution is -2.25. The summed E-state index contributed by atoms with van der Waals surface area (Å²) < 4.78 is 6.87. The second kappa shape index (κ2) is 7.12. The van der Waals surface area contributed by atoms with E-state index in [9.17, 15) is 4.79 Å². The largest absolute Gasteiger partial charge is 0.385 e. The minimum Gasteiger partial charge on any atom is -0.385 e. The number of carbonyl (C=O) groups excluding carboxylic acids is 1. The molecule has 20 heavy (non-hydrogen) atoms. The van der Waals surface area contributed by atoms with Gasteiger partial charge in [-0.1, -0.05) is 11.6 Å². The van der Waals surface area contributed by atoms with E-state index < -0.39 is 0 Å². The van der Waals surface area contributed by atoms with Crippen LogP contribution in [0.2, 0.25) is 5.02 Å². The molecule has 0 atom stereocenters. The van der Waals surface area contributed by atoms with Crippen LogP contribution in [0.3, 0.4) is 0 Å². The van der Waals surface area contributed by atoms with E-state index in [-0.39, 0.29) is 5.91 Å². The van der Waals surface area contributed by atoms with E-state index in [1.165, 1.54) is 0 Å². The van der Waals surface area contributed by atoms with Crippen LogP contribution in [0, 0.1) is 0 Å². The Hall–Kier alpha value is -1.78. The van der Waals surface area contributed by atoms with E-state index in [1.54, 1.807) is 19.2 Å². The van der Waals surface area contributed by atoms with Crippen molar-refractivity contribution in [3.05, 3.63) is 53.3 Å². The second-order valence-corrected chi connectivity index (χ2v) is 4.76. The number of nitrogens with zero attached hydrogens (tertiary/aromatic N) is 1. The number of aromatic nitrogens is 1. The van der Waals surface area contributed by atoms with Crippen LogP contribution < -0.4 is 5.32 Å². The zero-order valence-corrected chi connectivity index (χ0v) is 12.1. The van der Waals surface area contributed by atoms with Crippen molar-refractivity contribution in [2.75, 3.05) is 20.3 Å². The van der Waals surface area contributed by atoms with Crippen LogP contribution in [0.5, 0.6) is 0 Å². The third-order valence-electron chi connectivity index (χ3n) is 2.91. The Balaban J connectivity index is 2.10. The summed E-state index contributed by atoms with van der Waals surface area (Å²) >= 11 is 6.10. The molecule has 1 amide bonds. The fraction of sp³-hybridized carbons (Fsp3) is 0.267. The van der Waals surface area contributed by atoms with Gasteiger partial charge in [-0.3, -0.25) is 4.79 Å². The number of ether oxygens (including phenoxy) is 1. The number of hydrogen-bond donors (Lipinski definition) is 1. The van der Waals surface area contributed by atoms with Gasteiger partial charge < -0.3 is 14.6 Å². The van der Waals surface area contributed by atoms with Gasteiger partial charge in [-0.2, -0.15) is 0 Å². The zero-order chi connectivity index (χ0) is 14.4. The number of rotatable bonds is 6. The molecule has 0 radical (unpaired) electrons. The lowest BCUT2D eigenvalue weighted by atomic mass is 10.2. The van der Waals surface area contributed by atoms with Crippen LogP contribution in [0.4, 0.5) is 0 Å². The molecule has 1 aromatic heterocycles. The zero-order valence-electron chi connectivity index (χ0n) is 11.3. The molecule has 0 unspecified atom stereocenters. The predicted molar refractivity (Wildman–Crippen MR) is 79.6 cm³/mol. The van der Waals surface area contributed by atoms with Crippen LogP contribution in [-0.2, 0) is 4.74 Å². The molecule has 4 nitrogen and oxygen atoms in total. The summed E-state index contributed by atoms with van der Waals surface area (Å²) in [5.74, 6) is -0.167. The topological polar surface area (TPSA) is 43.3 Å². The summed E-state index contributed by atoms with van der Waals surface area (Å²) in [6.07, 6.45) is 4.62. The van der Waals surface area contributed by atoms with E-state index in [1.807, 2.05) is 35.2 Å². The van der Waals surface area contributed by atoms with Crippen molar-refractivity contribution >= 4 is 17.5 Å². The molecule has 1 aromatic carbocycles.